The molecule has 9 heteroatoms. The Hall–Kier alpha value is -3.20. The number of carbonyl (C=O) groups excluding carboxylic acids is 2. The smallest absolute Gasteiger partial charge is 0.230 e. The van der Waals surface area contributed by atoms with Crippen LogP contribution in [0.1, 0.15) is 32.1 Å². The highest BCUT2D eigenvalue weighted by Gasteiger charge is 2.18. The van der Waals surface area contributed by atoms with Crippen molar-refractivity contribution in [1.29, 1.82) is 0 Å². The summed E-state index contributed by atoms with van der Waals surface area (Å²) >= 11 is 1.30. The molecule has 0 unspecified atom stereocenters. The Bertz CT molecular complexity index is 1100. The van der Waals surface area contributed by atoms with E-state index >= 15 is 0 Å². The summed E-state index contributed by atoms with van der Waals surface area (Å²) in [5, 5.41) is 12.1. The maximum atomic E-state index is 13.4. The van der Waals surface area contributed by atoms with E-state index in [-0.39, 0.29) is 23.4 Å². The van der Waals surface area contributed by atoms with Crippen LogP contribution >= 0.6 is 11.8 Å². The Balaban J connectivity index is 1.35. The zero-order valence-electron chi connectivity index (χ0n) is 19.0. The van der Waals surface area contributed by atoms with E-state index in [4.69, 9.17) is 0 Å². The topological polar surface area (TPSA) is 80.1 Å². The fraction of sp³-hybridized carbons (Fsp3) is 0.360. The minimum absolute atomic E-state index is 0.0989. The number of likely N-dealkylation sites (tertiary alicyclic amines) is 1. The molecule has 1 fully saturated rings. The second-order valence-corrected chi connectivity index (χ2v) is 9.11. The summed E-state index contributed by atoms with van der Waals surface area (Å²) in [7, 11) is 0. The third-order valence-corrected chi connectivity index (χ3v) is 6.61. The summed E-state index contributed by atoms with van der Waals surface area (Å²) < 4.78 is 15.3. The van der Waals surface area contributed by atoms with E-state index in [9.17, 15) is 14.0 Å². The first-order chi connectivity index (χ1) is 16.6. The largest absolute Gasteiger partial charge is 0.355 e. The number of thioether (sulfide) groups is 1. The molecular formula is C25H28FN5O2S. The number of aromatic nitrogens is 3. The van der Waals surface area contributed by atoms with Crippen LogP contribution in [0.3, 0.4) is 0 Å². The molecule has 178 valence electrons. The lowest BCUT2D eigenvalue weighted by molar-refractivity contribution is -0.130. The standard InChI is InChI=1S/C25H28FN5O2S/c26-20-13-11-19(12-14-20)24-28-29-25(31(24)21-8-3-1-4-9-21)34-18-22(32)27-15-7-17-30-16-6-2-5-10-23(30)33/h1,3-4,8-9,11-14H,2,5-7,10,15-18H2,(H,27,32). The van der Waals surface area contributed by atoms with Gasteiger partial charge >= 0.3 is 0 Å². The minimum Gasteiger partial charge on any atom is -0.355 e. The molecule has 3 aromatic rings. The van der Waals surface area contributed by atoms with E-state index in [1.807, 2.05) is 39.8 Å². The first kappa shape index (κ1) is 23.9. The SMILES string of the molecule is O=C(CSc1nnc(-c2ccc(F)cc2)n1-c1ccccc1)NCCCN1CCCCCC1=O. The van der Waals surface area contributed by atoms with Crippen molar-refractivity contribution in [3.8, 4) is 17.1 Å². The molecule has 0 aliphatic carbocycles. The lowest BCUT2D eigenvalue weighted by atomic mass is 10.2. The van der Waals surface area contributed by atoms with Gasteiger partial charge in [-0.05, 0) is 55.7 Å². The van der Waals surface area contributed by atoms with Crippen LogP contribution < -0.4 is 5.32 Å². The second-order valence-electron chi connectivity index (χ2n) is 8.17. The average molecular weight is 482 g/mol. The van der Waals surface area contributed by atoms with E-state index < -0.39 is 0 Å². The molecule has 0 bridgehead atoms. The van der Waals surface area contributed by atoms with Crippen molar-refractivity contribution in [1.82, 2.24) is 25.0 Å². The molecule has 0 atom stereocenters. The van der Waals surface area contributed by atoms with Gasteiger partial charge in [0.2, 0.25) is 11.8 Å². The molecule has 1 aromatic heterocycles. The predicted molar refractivity (Wildman–Crippen MR) is 130 cm³/mol. The first-order valence-corrected chi connectivity index (χ1v) is 12.5. The summed E-state index contributed by atoms with van der Waals surface area (Å²) in [4.78, 5) is 26.4. The lowest BCUT2D eigenvalue weighted by Crippen LogP contribution is -2.34. The fourth-order valence-electron chi connectivity index (χ4n) is 3.91. The van der Waals surface area contributed by atoms with E-state index in [2.05, 4.69) is 15.5 Å². The van der Waals surface area contributed by atoms with Crippen molar-refractivity contribution >= 4 is 23.6 Å². The van der Waals surface area contributed by atoms with Crippen LogP contribution in [0, 0.1) is 5.82 Å². The van der Waals surface area contributed by atoms with E-state index in [1.165, 1.54) is 23.9 Å². The third kappa shape index (κ3) is 6.22. The van der Waals surface area contributed by atoms with Crippen molar-refractivity contribution in [2.24, 2.45) is 0 Å². The van der Waals surface area contributed by atoms with Gasteiger partial charge in [0, 0.05) is 37.3 Å². The highest BCUT2D eigenvalue weighted by atomic mass is 32.2. The van der Waals surface area contributed by atoms with Gasteiger partial charge in [0.15, 0.2) is 11.0 Å². The monoisotopic (exact) mass is 481 g/mol. The van der Waals surface area contributed by atoms with Crippen LogP contribution in [-0.2, 0) is 9.59 Å². The molecule has 1 saturated heterocycles. The zero-order chi connectivity index (χ0) is 23.8. The molecule has 0 spiro atoms. The van der Waals surface area contributed by atoms with Gasteiger partial charge in [-0.3, -0.25) is 14.2 Å². The number of hydrogen-bond acceptors (Lipinski definition) is 5. The highest BCUT2D eigenvalue weighted by Crippen LogP contribution is 2.28. The normalized spacial score (nSPS) is 14.1. The molecule has 1 aliphatic heterocycles. The summed E-state index contributed by atoms with van der Waals surface area (Å²) in [6.07, 6.45) is 4.49. The predicted octanol–water partition coefficient (Wildman–Crippen LogP) is 4.07. The molecule has 34 heavy (non-hydrogen) atoms. The van der Waals surface area contributed by atoms with Gasteiger partial charge < -0.3 is 10.2 Å². The van der Waals surface area contributed by atoms with Crippen LogP contribution in [-0.4, -0.2) is 56.9 Å². The fourth-order valence-corrected chi connectivity index (χ4v) is 4.69. The van der Waals surface area contributed by atoms with E-state index in [0.717, 1.165) is 43.5 Å². The van der Waals surface area contributed by atoms with Gasteiger partial charge in [-0.15, -0.1) is 10.2 Å². The highest BCUT2D eigenvalue weighted by molar-refractivity contribution is 7.99. The van der Waals surface area contributed by atoms with Crippen molar-refractivity contribution in [2.75, 3.05) is 25.4 Å². The van der Waals surface area contributed by atoms with Gasteiger partial charge in [0.1, 0.15) is 5.82 Å². The van der Waals surface area contributed by atoms with Crippen LogP contribution in [0.2, 0.25) is 0 Å². The second kappa shape index (κ2) is 11.8. The Morgan fingerprint density at radius 2 is 1.82 bits per heavy atom. The minimum atomic E-state index is -0.319. The Kier molecular flexibility index (Phi) is 8.30. The zero-order valence-corrected chi connectivity index (χ0v) is 19.8. The van der Waals surface area contributed by atoms with Crippen LogP contribution in [0.4, 0.5) is 4.39 Å². The maximum absolute atomic E-state index is 13.4. The molecule has 2 aromatic carbocycles. The van der Waals surface area contributed by atoms with Gasteiger partial charge in [-0.2, -0.15) is 0 Å². The number of rotatable bonds is 9. The number of carbonyl (C=O) groups is 2. The van der Waals surface area contributed by atoms with Crippen molar-refractivity contribution in [3.63, 3.8) is 0 Å². The summed E-state index contributed by atoms with van der Waals surface area (Å²) in [5.41, 5.74) is 1.59. The summed E-state index contributed by atoms with van der Waals surface area (Å²) in [6, 6.07) is 15.7. The number of amides is 2. The number of halogens is 1. The van der Waals surface area contributed by atoms with Crippen LogP contribution in [0.25, 0.3) is 17.1 Å². The van der Waals surface area contributed by atoms with Gasteiger partial charge in [-0.25, -0.2) is 4.39 Å². The van der Waals surface area contributed by atoms with Gasteiger partial charge in [0.05, 0.1) is 5.75 Å². The van der Waals surface area contributed by atoms with Gasteiger partial charge in [0.25, 0.3) is 0 Å². The molecule has 0 saturated carbocycles. The maximum Gasteiger partial charge on any atom is 0.230 e. The molecule has 2 heterocycles. The molecule has 1 N–H and O–H groups in total. The van der Waals surface area contributed by atoms with Crippen LogP contribution in [0.5, 0.6) is 0 Å². The van der Waals surface area contributed by atoms with E-state index in [0.29, 0.717) is 30.5 Å². The van der Waals surface area contributed by atoms with Crippen molar-refractivity contribution in [3.05, 3.63) is 60.4 Å². The van der Waals surface area contributed by atoms with Crippen molar-refractivity contribution in [2.45, 2.75) is 37.3 Å². The quantitative estimate of drug-likeness (QED) is 0.368. The van der Waals surface area contributed by atoms with Gasteiger partial charge in [-0.1, -0.05) is 36.4 Å². The van der Waals surface area contributed by atoms with Crippen LogP contribution in [0.15, 0.2) is 59.8 Å². The number of nitrogens with zero attached hydrogens (tertiary/aromatic N) is 4. The first-order valence-electron chi connectivity index (χ1n) is 11.6. The molecule has 0 radical (unpaired) electrons. The molecule has 2 amide bonds. The summed E-state index contributed by atoms with van der Waals surface area (Å²) in [5.74, 6) is 0.573. The molecular weight excluding hydrogens is 453 g/mol. The third-order valence-electron chi connectivity index (χ3n) is 5.68. The number of para-hydroxylation sites is 1. The lowest BCUT2D eigenvalue weighted by Gasteiger charge is -2.20. The number of benzene rings is 2. The Morgan fingerprint density at radius 3 is 2.62 bits per heavy atom. The summed E-state index contributed by atoms with van der Waals surface area (Å²) in [6.45, 7) is 2.01. The Morgan fingerprint density at radius 1 is 1.03 bits per heavy atom. The molecule has 7 nitrogen and oxygen atoms in total. The number of hydrogen-bond donors (Lipinski definition) is 1. The van der Waals surface area contributed by atoms with Crippen molar-refractivity contribution < 1.29 is 14.0 Å². The van der Waals surface area contributed by atoms with E-state index in [1.54, 1.807) is 12.1 Å². The average Bonchev–Trinajstić information content (AvgIpc) is 3.17. The Labute approximate surface area is 202 Å². The molecule has 4 rings (SSSR count). The number of nitrogens with one attached hydrogen (secondary N) is 1. The molecule has 1 aliphatic rings.